The van der Waals surface area contributed by atoms with E-state index in [2.05, 4.69) is 15.8 Å². The summed E-state index contributed by atoms with van der Waals surface area (Å²) in [4.78, 5) is 23.4. The Morgan fingerprint density at radius 3 is 2.25 bits per heavy atom. The Kier molecular flexibility index (Phi) is 5.78. The molecule has 0 aromatic heterocycles. The summed E-state index contributed by atoms with van der Waals surface area (Å²) in [5.41, 5.74) is 4.07. The number of amides is 2. The zero-order chi connectivity index (χ0) is 17.7. The second-order valence-electron chi connectivity index (χ2n) is 4.85. The van der Waals surface area contributed by atoms with Crippen LogP contribution in [0.1, 0.15) is 11.1 Å². The third kappa shape index (κ3) is 4.71. The molecule has 24 heavy (non-hydrogen) atoms. The lowest BCUT2D eigenvalue weighted by molar-refractivity contribution is -0.136. The molecule has 0 heterocycles. The van der Waals surface area contributed by atoms with Gasteiger partial charge in [-0.05, 0) is 36.8 Å². The largest absolute Gasteiger partial charge is 0.505 e. The average Bonchev–Trinajstić information content (AvgIpc) is 2.54. The van der Waals surface area contributed by atoms with Gasteiger partial charge in [0.2, 0.25) is 0 Å². The molecule has 0 saturated carbocycles. The van der Waals surface area contributed by atoms with Crippen molar-refractivity contribution in [1.29, 1.82) is 0 Å². The number of carbonyl (C=O) groups is 2. The summed E-state index contributed by atoms with van der Waals surface area (Å²) < 4.78 is 0. The van der Waals surface area contributed by atoms with E-state index in [0.29, 0.717) is 11.3 Å². The van der Waals surface area contributed by atoms with Gasteiger partial charge < -0.3 is 10.4 Å². The number of carbonyl (C=O) groups excluding carboxylic acids is 2. The summed E-state index contributed by atoms with van der Waals surface area (Å²) in [6, 6.07) is 9.80. The Morgan fingerprint density at radius 2 is 1.67 bits per heavy atom. The molecule has 8 heteroatoms. The van der Waals surface area contributed by atoms with E-state index < -0.39 is 11.8 Å². The van der Waals surface area contributed by atoms with Gasteiger partial charge in [0.05, 0.1) is 16.3 Å². The summed E-state index contributed by atoms with van der Waals surface area (Å²) in [7, 11) is 0. The number of phenols is 1. The minimum absolute atomic E-state index is 0.0485. The first kappa shape index (κ1) is 17.8. The molecule has 6 nitrogen and oxygen atoms in total. The summed E-state index contributed by atoms with van der Waals surface area (Å²) in [5, 5.41) is 15.6. The van der Waals surface area contributed by atoms with Gasteiger partial charge in [0.25, 0.3) is 0 Å². The Balaban J connectivity index is 1.94. The average molecular weight is 366 g/mol. The fourth-order valence-corrected chi connectivity index (χ4v) is 2.20. The van der Waals surface area contributed by atoms with Gasteiger partial charge >= 0.3 is 11.8 Å². The van der Waals surface area contributed by atoms with Crippen LogP contribution in [0.15, 0.2) is 41.5 Å². The molecule has 2 aromatic carbocycles. The number of halogens is 2. The number of nitrogens with zero attached hydrogens (tertiary/aromatic N) is 1. The Morgan fingerprint density at radius 1 is 1.08 bits per heavy atom. The number of benzene rings is 2. The number of phenolic OH excluding ortho intramolecular Hbond substituents is 1. The molecule has 0 aliphatic carbocycles. The van der Waals surface area contributed by atoms with Gasteiger partial charge in [-0.3, -0.25) is 9.59 Å². The number of anilines is 1. The van der Waals surface area contributed by atoms with Gasteiger partial charge in [-0.2, -0.15) is 5.10 Å². The maximum atomic E-state index is 11.7. The molecule has 0 atom stereocenters. The van der Waals surface area contributed by atoms with Crippen LogP contribution in [0.5, 0.6) is 5.75 Å². The highest BCUT2D eigenvalue weighted by Gasteiger charge is 2.12. The number of aryl methyl sites for hydroxylation is 1. The molecule has 0 aliphatic heterocycles. The predicted molar refractivity (Wildman–Crippen MR) is 93.7 cm³/mol. The number of hydrazone groups is 1. The normalized spacial score (nSPS) is 10.6. The minimum atomic E-state index is -0.928. The van der Waals surface area contributed by atoms with Crippen molar-refractivity contribution in [1.82, 2.24) is 5.43 Å². The van der Waals surface area contributed by atoms with Crippen LogP contribution in [0.4, 0.5) is 5.69 Å². The SMILES string of the molecule is Cc1ccc(NC(=O)C(=O)N/N=C/c2cc(Cl)c(O)c(Cl)c2)cc1. The lowest BCUT2D eigenvalue weighted by atomic mass is 10.2. The van der Waals surface area contributed by atoms with Crippen molar-refractivity contribution in [3.8, 4) is 5.75 Å². The van der Waals surface area contributed by atoms with Crippen LogP contribution in [0.2, 0.25) is 10.0 Å². The second-order valence-corrected chi connectivity index (χ2v) is 5.67. The molecule has 0 radical (unpaired) electrons. The van der Waals surface area contributed by atoms with Crippen LogP contribution in [0.25, 0.3) is 0 Å². The van der Waals surface area contributed by atoms with Gasteiger partial charge in [0, 0.05) is 5.69 Å². The monoisotopic (exact) mass is 365 g/mol. The number of nitrogens with one attached hydrogen (secondary N) is 2. The van der Waals surface area contributed by atoms with E-state index in [9.17, 15) is 14.7 Å². The summed E-state index contributed by atoms with van der Waals surface area (Å²) >= 11 is 11.5. The van der Waals surface area contributed by atoms with E-state index in [0.717, 1.165) is 5.56 Å². The van der Waals surface area contributed by atoms with Crippen molar-refractivity contribution in [2.75, 3.05) is 5.32 Å². The number of aromatic hydroxyl groups is 1. The number of hydrogen-bond acceptors (Lipinski definition) is 4. The molecule has 0 aliphatic rings. The van der Waals surface area contributed by atoms with E-state index in [1.165, 1.54) is 18.3 Å². The fraction of sp³-hybridized carbons (Fsp3) is 0.0625. The lowest BCUT2D eigenvalue weighted by Crippen LogP contribution is -2.32. The first-order valence-corrected chi connectivity index (χ1v) is 7.51. The molecule has 0 bridgehead atoms. The third-order valence-corrected chi connectivity index (χ3v) is 3.51. The molecule has 0 spiro atoms. The zero-order valence-electron chi connectivity index (χ0n) is 12.5. The van der Waals surface area contributed by atoms with Crippen molar-refractivity contribution < 1.29 is 14.7 Å². The molecule has 2 rings (SSSR count). The standard InChI is InChI=1S/C16H13Cl2N3O3/c1-9-2-4-11(5-3-9)20-15(23)16(24)21-19-8-10-6-12(17)14(22)13(18)7-10/h2-8,22H,1H3,(H,20,23)(H,21,24)/b19-8+. The minimum Gasteiger partial charge on any atom is -0.505 e. The summed E-state index contributed by atoms with van der Waals surface area (Å²) in [6.45, 7) is 1.91. The maximum Gasteiger partial charge on any atom is 0.329 e. The second kappa shape index (κ2) is 7.81. The van der Waals surface area contributed by atoms with Gasteiger partial charge in [0.1, 0.15) is 0 Å². The Hall–Kier alpha value is -2.57. The molecule has 124 valence electrons. The molecule has 0 fully saturated rings. The molecule has 0 saturated heterocycles. The van der Waals surface area contributed by atoms with Crippen molar-refractivity contribution in [2.45, 2.75) is 6.92 Å². The molecular formula is C16H13Cl2N3O3. The maximum absolute atomic E-state index is 11.7. The molecule has 2 aromatic rings. The quantitative estimate of drug-likeness (QED) is 0.443. The van der Waals surface area contributed by atoms with Crippen LogP contribution in [0, 0.1) is 6.92 Å². The molecular weight excluding hydrogens is 353 g/mol. The highest BCUT2D eigenvalue weighted by atomic mass is 35.5. The number of rotatable bonds is 3. The van der Waals surface area contributed by atoms with Gasteiger partial charge in [-0.1, -0.05) is 40.9 Å². The highest BCUT2D eigenvalue weighted by Crippen LogP contribution is 2.32. The van der Waals surface area contributed by atoms with E-state index >= 15 is 0 Å². The van der Waals surface area contributed by atoms with E-state index in [1.54, 1.807) is 12.1 Å². The highest BCUT2D eigenvalue weighted by molar-refractivity contribution is 6.39. The summed E-state index contributed by atoms with van der Waals surface area (Å²) in [6.07, 6.45) is 1.24. The fourth-order valence-electron chi connectivity index (χ4n) is 1.70. The van der Waals surface area contributed by atoms with Crippen LogP contribution in [0.3, 0.4) is 0 Å². The molecule has 0 unspecified atom stereocenters. The van der Waals surface area contributed by atoms with Gasteiger partial charge in [-0.15, -0.1) is 0 Å². The molecule has 2 amide bonds. The smallest absolute Gasteiger partial charge is 0.329 e. The van der Waals surface area contributed by atoms with Crippen molar-refractivity contribution in [2.24, 2.45) is 5.10 Å². The zero-order valence-corrected chi connectivity index (χ0v) is 14.0. The summed E-state index contributed by atoms with van der Waals surface area (Å²) in [5.74, 6) is -2.02. The predicted octanol–water partition coefficient (Wildman–Crippen LogP) is 3.10. The third-order valence-electron chi connectivity index (χ3n) is 2.93. The first-order chi connectivity index (χ1) is 11.4. The van der Waals surface area contributed by atoms with Gasteiger partial charge in [0.15, 0.2) is 5.75 Å². The topological polar surface area (TPSA) is 90.8 Å². The van der Waals surface area contributed by atoms with Crippen molar-refractivity contribution >= 4 is 46.9 Å². The number of hydrogen-bond donors (Lipinski definition) is 3. The Labute approximate surface area is 148 Å². The molecule has 3 N–H and O–H groups in total. The first-order valence-electron chi connectivity index (χ1n) is 6.76. The van der Waals surface area contributed by atoms with E-state index in [-0.39, 0.29) is 15.8 Å². The van der Waals surface area contributed by atoms with Crippen molar-refractivity contribution in [3.63, 3.8) is 0 Å². The van der Waals surface area contributed by atoms with Crippen LogP contribution < -0.4 is 10.7 Å². The van der Waals surface area contributed by atoms with Gasteiger partial charge in [-0.25, -0.2) is 5.43 Å². The van der Waals surface area contributed by atoms with Crippen LogP contribution in [-0.2, 0) is 9.59 Å². The van der Waals surface area contributed by atoms with Crippen LogP contribution >= 0.6 is 23.2 Å². The van der Waals surface area contributed by atoms with Crippen LogP contribution in [-0.4, -0.2) is 23.1 Å². The lowest BCUT2D eigenvalue weighted by Gasteiger charge is -2.04. The Bertz CT molecular complexity index is 782. The van der Waals surface area contributed by atoms with Crippen molar-refractivity contribution in [3.05, 3.63) is 57.6 Å². The van der Waals surface area contributed by atoms with E-state index in [1.807, 2.05) is 19.1 Å². The van der Waals surface area contributed by atoms with E-state index in [4.69, 9.17) is 23.2 Å².